The van der Waals surface area contributed by atoms with E-state index in [2.05, 4.69) is 29.8 Å². The molecule has 28 heavy (non-hydrogen) atoms. The maximum absolute atomic E-state index is 13.7. The number of carbonyl (C=O) groups is 1. The van der Waals surface area contributed by atoms with E-state index in [9.17, 15) is 4.79 Å². The van der Waals surface area contributed by atoms with Crippen LogP contribution >= 0.6 is 48.8 Å². The summed E-state index contributed by atoms with van der Waals surface area (Å²) in [6.45, 7) is 6.65. The molecule has 3 aromatic rings. The molecular weight excluding hydrogens is 474 g/mol. The smallest absolute Gasteiger partial charge is 0.259 e. The molecular formula is C21H18BrNO2S3. The number of rotatable bonds is 3. The van der Waals surface area contributed by atoms with Crippen molar-refractivity contribution < 1.29 is 9.53 Å². The third kappa shape index (κ3) is 3.14. The van der Waals surface area contributed by atoms with Crippen LogP contribution in [0.5, 0.6) is 5.75 Å². The molecule has 144 valence electrons. The predicted octanol–water partition coefficient (Wildman–Crippen LogP) is 7.26. The van der Waals surface area contributed by atoms with Crippen LogP contribution in [0.15, 0.2) is 46.9 Å². The van der Waals surface area contributed by atoms with Crippen LogP contribution in [0.4, 0.5) is 5.69 Å². The van der Waals surface area contributed by atoms with Gasteiger partial charge >= 0.3 is 0 Å². The van der Waals surface area contributed by atoms with Crippen molar-refractivity contribution in [2.45, 2.75) is 26.3 Å². The monoisotopic (exact) mass is 491 g/mol. The van der Waals surface area contributed by atoms with E-state index >= 15 is 0 Å². The molecule has 0 radical (unpaired) electrons. The van der Waals surface area contributed by atoms with Crippen molar-refractivity contribution in [3.8, 4) is 16.9 Å². The molecule has 7 heteroatoms. The summed E-state index contributed by atoms with van der Waals surface area (Å²) in [6, 6.07) is 13.4. The minimum atomic E-state index is -0.514. The fourth-order valence-electron chi connectivity index (χ4n) is 3.58. The quantitative estimate of drug-likeness (QED) is 0.285. The summed E-state index contributed by atoms with van der Waals surface area (Å²) in [5.41, 5.74) is 3.06. The molecule has 0 spiro atoms. The third-order valence-corrected chi connectivity index (χ3v) is 8.63. The Labute approximate surface area is 185 Å². The van der Waals surface area contributed by atoms with Crippen LogP contribution in [-0.2, 0) is 5.54 Å². The van der Waals surface area contributed by atoms with Crippen molar-refractivity contribution in [1.82, 2.24) is 0 Å². The van der Waals surface area contributed by atoms with Crippen LogP contribution in [0.1, 0.15) is 36.0 Å². The summed E-state index contributed by atoms with van der Waals surface area (Å²) in [7, 11) is 3.26. The summed E-state index contributed by atoms with van der Waals surface area (Å²) >= 11 is 9.19. The highest BCUT2D eigenvalue weighted by molar-refractivity contribution is 9.10. The largest absolute Gasteiger partial charge is 0.494 e. The van der Waals surface area contributed by atoms with Crippen molar-refractivity contribution in [2.24, 2.45) is 0 Å². The second-order valence-electron chi connectivity index (χ2n) is 6.98. The minimum absolute atomic E-state index is 0.0547. The van der Waals surface area contributed by atoms with E-state index in [-0.39, 0.29) is 5.91 Å². The van der Waals surface area contributed by atoms with Gasteiger partial charge in [-0.2, -0.15) is 0 Å². The van der Waals surface area contributed by atoms with E-state index in [0.717, 1.165) is 30.0 Å². The number of hydrogen-bond acceptors (Lipinski definition) is 5. The first-order valence-electron chi connectivity index (χ1n) is 8.85. The number of fused-ring (bicyclic) bond motifs is 3. The molecule has 0 saturated heterocycles. The number of halogens is 1. The van der Waals surface area contributed by atoms with Crippen LogP contribution in [0.3, 0.4) is 0 Å². The number of ether oxygens (including phenoxy) is 1. The topological polar surface area (TPSA) is 29.5 Å². The molecule has 0 saturated carbocycles. The average molecular weight is 492 g/mol. The molecule has 0 N–H and O–H groups in total. The van der Waals surface area contributed by atoms with Gasteiger partial charge in [-0.15, -0.1) is 0 Å². The summed E-state index contributed by atoms with van der Waals surface area (Å²) in [5.74, 6) is 0.644. The van der Waals surface area contributed by atoms with Gasteiger partial charge in [-0.3, -0.25) is 9.69 Å². The SMILES string of the molecule is CCOc1cccc(C(=O)N2c3cc(Br)ccc3-c3c(ssc3=S)C2(C)C)c1. The number of carbonyl (C=O) groups excluding carboxylic acids is 1. The van der Waals surface area contributed by atoms with E-state index in [1.54, 1.807) is 20.7 Å². The van der Waals surface area contributed by atoms with E-state index in [1.807, 2.05) is 54.3 Å². The Bertz CT molecular complexity index is 1130. The highest BCUT2D eigenvalue weighted by Gasteiger charge is 2.43. The summed E-state index contributed by atoms with van der Waals surface area (Å²) < 4.78 is 7.40. The van der Waals surface area contributed by atoms with Gasteiger partial charge in [0.1, 0.15) is 9.57 Å². The Morgan fingerprint density at radius 1 is 1.21 bits per heavy atom. The van der Waals surface area contributed by atoms with E-state index in [4.69, 9.17) is 17.0 Å². The van der Waals surface area contributed by atoms with Crippen molar-refractivity contribution in [3.05, 3.63) is 61.2 Å². The van der Waals surface area contributed by atoms with Crippen LogP contribution in [0, 0.1) is 3.82 Å². The first kappa shape index (κ1) is 19.8. The molecule has 0 unspecified atom stereocenters. The van der Waals surface area contributed by atoms with Crippen molar-refractivity contribution >= 4 is 60.4 Å². The standard InChI is InChI=1S/C21H18BrNO2S3/c1-4-25-14-7-5-6-12(10-14)19(24)23-16-11-13(22)8-9-15(16)17-18(21(23,2)3)27-28-20(17)26/h5-11H,4H2,1-3H3. The fourth-order valence-corrected chi connectivity index (χ4v) is 7.21. The fraction of sp³-hybridized carbons (Fsp3) is 0.238. The van der Waals surface area contributed by atoms with Crippen molar-refractivity contribution in [2.75, 3.05) is 11.5 Å². The lowest BCUT2D eigenvalue weighted by atomic mass is 9.87. The normalized spacial score (nSPS) is 14.4. The van der Waals surface area contributed by atoms with Gasteiger partial charge in [0.2, 0.25) is 0 Å². The van der Waals surface area contributed by atoms with E-state index in [1.165, 1.54) is 0 Å². The summed E-state index contributed by atoms with van der Waals surface area (Å²) in [4.78, 5) is 16.7. The molecule has 1 aromatic heterocycles. The van der Waals surface area contributed by atoms with Gasteiger partial charge in [-0.05, 0) is 51.1 Å². The number of hydrogen-bond donors (Lipinski definition) is 0. The average Bonchev–Trinajstić information content (AvgIpc) is 3.05. The molecule has 1 amide bonds. The van der Waals surface area contributed by atoms with Crippen LogP contribution in [-0.4, -0.2) is 12.5 Å². The molecule has 0 aliphatic carbocycles. The van der Waals surface area contributed by atoms with Gasteiger partial charge in [0.25, 0.3) is 5.91 Å². The Morgan fingerprint density at radius 2 is 2.00 bits per heavy atom. The Balaban J connectivity index is 1.92. The highest BCUT2D eigenvalue weighted by atomic mass is 79.9. The molecule has 1 aliphatic rings. The second kappa shape index (κ2) is 7.37. The van der Waals surface area contributed by atoms with Crippen molar-refractivity contribution in [1.29, 1.82) is 0 Å². The van der Waals surface area contributed by atoms with Gasteiger partial charge < -0.3 is 4.74 Å². The Morgan fingerprint density at radius 3 is 2.75 bits per heavy atom. The highest BCUT2D eigenvalue weighted by Crippen LogP contribution is 2.53. The number of benzene rings is 2. The Kier molecular flexibility index (Phi) is 5.20. The van der Waals surface area contributed by atoms with Crippen LogP contribution in [0.25, 0.3) is 11.1 Å². The molecule has 2 aromatic carbocycles. The zero-order chi connectivity index (χ0) is 20.1. The van der Waals surface area contributed by atoms with Gasteiger partial charge in [0.05, 0.1) is 22.7 Å². The first-order valence-corrected chi connectivity index (χ1v) is 12.2. The Hall–Kier alpha value is -1.54. The third-order valence-electron chi connectivity index (χ3n) is 4.81. The maximum atomic E-state index is 13.7. The first-order chi connectivity index (χ1) is 13.3. The van der Waals surface area contributed by atoms with Gasteiger partial charge in [-0.1, -0.05) is 61.0 Å². The lowest BCUT2D eigenvalue weighted by molar-refractivity contribution is 0.0961. The molecule has 0 fully saturated rings. The zero-order valence-electron chi connectivity index (χ0n) is 15.6. The molecule has 0 atom stereocenters. The summed E-state index contributed by atoms with van der Waals surface area (Å²) in [6.07, 6.45) is 0. The molecule has 3 nitrogen and oxygen atoms in total. The zero-order valence-corrected chi connectivity index (χ0v) is 19.7. The second-order valence-corrected chi connectivity index (χ2v) is 10.7. The minimum Gasteiger partial charge on any atom is -0.494 e. The lowest BCUT2D eigenvalue weighted by Crippen LogP contribution is -2.47. The number of amides is 1. The van der Waals surface area contributed by atoms with Gasteiger partial charge in [0.15, 0.2) is 0 Å². The molecule has 0 bridgehead atoms. The summed E-state index contributed by atoms with van der Waals surface area (Å²) in [5, 5.41) is 0. The number of anilines is 1. The van der Waals surface area contributed by atoms with E-state index in [0.29, 0.717) is 17.9 Å². The molecule has 4 rings (SSSR count). The van der Waals surface area contributed by atoms with Crippen LogP contribution < -0.4 is 9.64 Å². The molecule has 2 heterocycles. The predicted molar refractivity (Wildman–Crippen MR) is 124 cm³/mol. The lowest BCUT2D eigenvalue weighted by Gasteiger charge is -2.43. The van der Waals surface area contributed by atoms with Gasteiger partial charge in [-0.25, -0.2) is 0 Å². The van der Waals surface area contributed by atoms with E-state index < -0.39 is 5.54 Å². The number of nitrogens with zero attached hydrogens (tertiary/aromatic N) is 1. The maximum Gasteiger partial charge on any atom is 0.259 e. The van der Waals surface area contributed by atoms with Crippen molar-refractivity contribution in [3.63, 3.8) is 0 Å². The molecule has 1 aliphatic heterocycles. The van der Waals surface area contributed by atoms with Gasteiger partial charge in [0, 0.05) is 21.2 Å². The van der Waals surface area contributed by atoms with Crippen LogP contribution in [0.2, 0.25) is 0 Å².